The van der Waals surface area contributed by atoms with Crippen molar-refractivity contribution in [2.45, 2.75) is 32.5 Å². The molecule has 2 rings (SSSR count). The smallest absolute Gasteiger partial charge is 0.317 e. The van der Waals surface area contributed by atoms with E-state index >= 15 is 0 Å². The van der Waals surface area contributed by atoms with E-state index in [0.717, 1.165) is 6.07 Å². The van der Waals surface area contributed by atoms with Crippen molar-refractivity contribution in [1.82, 2.24) is 10.2 Å². The number of aromatic nitrogens is 2. The molecule has 2 aromatic rings. The van der Waals surface area contributed by atoms with Crippen LogP contribution in [-0.2, 0) is 11.7 Å². The molecule has 8 heteroatoms. The molecule has 0 amide bonds. The highest BCUT2D eigenvalue weighted by atomic mass is 79.9. The normalized spacial score (nSPS) is 14.0. The summed E-state index contributed by atoms with van der Waals surface area (Å²) in [5.74, 6) is -0.610. The molecule has 0 aliphatic rings. The second kappa shape index (κ2) is 6.78. The molecule has 0 saturated heterocycles. The van der Waals surface area contributed by atoms with Crippen molar-refractivity contribution in [3.05, 3.63) is 51.5 Å². The van der Waals surface area contributed by atoms with E-state index in [1.165, 1.54) is 25.1 Å². The first-order chi connectivity index (χ1) is 10.1. The van der Waals surface area contributed by atoms with E-state index in [1.807, 2.05) is 13.8 Å². The van der Waals surface area contributed by atoms with Gasteiger partial charge in [-0.1, -0.05) is 29.8 Å². The minimum absolute atomic E-state index is 0.0261. The minimum Gasteiger partial charge on any atom is -0.317 e. The lowest BCUT2D eigenvalue weighted by Gasteiger charge is -2.24. The van der Waals surface area contributed by atoms with Crippen molar-refractivity contribution >= 4 is 15.9 Å². The number of aromatic amines is 1. The topological polar surface area (TPSA) is 54.7 Å². The van der Waals surface area contributed by atoms with Crippen LogP contribution in [0.25, 0.3) is 0 Å². The molecular formula is C14H16BrF4N3. The standard InChI is InChI=1S/C12H10BrF4N3.C2H6/c1-11(18,7-4-6(13)2-3-8(7)14)9-5-10(20-19-9)12(15,16)17;1-2/h2-5H,18H2,1H3,(H,19,20);1-2H3. The maximum atomic E-state index is 13.8. The minimum atomic E-state index is -4.58. The number of alkyl halides is 3. The Hall–Kier alpha value is -1.41. The molecule has 22 heavy (non-hydrogen) atoms. The highest BCUT2D eigenvalue weighted by Crippen LogP contribution is 2.33. The zero-order valence-electron chi connectivity index (χ0n) is 12.2. The number of rotatable bonds is 2. The highest BCUT2D eigenvalue weighted by molar-refractivity contribution is 9.10. The fourth-order valence-corrected chi connectivity index (χ4v) is 2.13. The van der Waals surface area contributed by atoms with Gasteiger partial charge in [-0.15, -0.1) is 0 Å². The van der Waals surface area contributed by atoms with Gasteiger partial charge < -0.3 is 5.73 Å². The maximum Gasteiger partial charge on any atom is 0.435 e. The molecule has 3 N–H and O–H groups in total. The molecule has 3 nitrogen and oxygen atoms in total. The van der Waals surface area contributed by atoms with Gasteiger partial charge in [-0.2, -0.15) is 18.3 Å². The molecule has 1 atom stereocenters. The molecular weight excluding hydrogens is 366 g/mol. The fourth-order valence-electron chi connectivity index (χ4n) is 1.77. The lowest BCUT2D eigenvalue weighted by molar-refractivity contribution is -0.141. The molecule has 0 bridgehead atoms. The Bertz CT molecular complexity index is 635. The van der Waals surface area contributed by atoms with Crippen LogP contribution in [0.4, 0.5) is 17.6 Å². The van der Waals surface area contributed by atoms with E-state index in [-0.39, 0.29) is 11.3 Å². The molecule has 0 aliphatic heterocycles. The van der Waals surface area contributed by atoms with Crippen LogP contribution in [0.2, 0.25) is 0 Å². The fraction of sp³-hybridized carbons (Fsp3) is 0.357. The zero-order valence-corrected chi connectivity index (χ0v) is 13.8. The van der Waals surface area contributed by atoms with Crippen LogP contribution in [0.5, 0.6) is 0 Å². The molecule has 1 unspecified atom stereocenters. The maximum absolute atomic E-state index is 13.8. The Morgan fingerprint density at radius 1 is 1.18 bits per heavy atom. The predicted octanol–water partition coefficient (Wildman–Crippen LogP) is 4.58. The second-order valence-corrected chi connectivity index (χ2v) is 5.41. The molecule has 1 heterocycles. The lowest BCUT2D eigenvalue weighted by atomic mass is 9.89. The SMILES string of the molecule is CC.CC(N)(c1cc(C(F)(F)F)n[nH]1)c1cc(Br)ccc1F. The van der Waals surface area contributed by atoms with Crippen LogP contribution in [0.1, 0.15) is 37.7 Å². The van der Waals surface area contributed by atoms with Crippen LogP contribution in [0.3, 0.4) is 0 Å². The third kappa shape index (κ3) is 3.86. The first-order valence-corrected chi connectivity index (χ1v) is 7.29. The average Bonchev–Trinajstić information content (AvgIpc) is 2.94. The first kappa shape index (κ1) is 18.6. The number of nitrogens with one attached hydrogen (secondary N) is 1. The average molecular weight is 382 g/mol. The Balaban J connectivity index is 0.00000116. The summed E-state index contributed by atoms with van der Waals surface area (Å²) in [5, 5.41) is 5.39. The lowest BCUT2D eigenvalue weighted by Crippen LogP contribution is -2.35. The third-order valence-corrected chi connectivity index (χ3v) is 3.41. The Labute approximate surface area is 134 Å². The second-order valence-electron chi connectivity index (χ2n) is 4.49. The Morgan fingerprint density at radius 3 is 2.27 bits per heavy atom. The van der Waals surface area contributed by atoms with Gasteiger partial charge in [0.2, 0.25) is 0 Å². The largest absolute Gasteiger partial charge is 0.435 e. The highest BCUT2D eigenvalue weighted by Gasteiger charge is 2.37. The zero-order chi connectivity index (χ0) is 17.1. The number of nitrogens with two attached hydrogens (primary N) is 1. The van der Waals surface area contributed by atoms with Gasteiger partial charge in [-0.3, -0.25) is 5.10 Å². The number of halogens is 5. The summed E-state index contributed by atoms with van der Waals surface area (Å²) in [4.78, 5) is 0. The van der Waals surface area contributed by atoms with Gasteiger partial charge in [0.15, 0.2) is 5.69 Å². The van der Waals surface area contributed by atoms with E-state index in [9.17, 15) is 17.6 Å². The number of H-pyrrole nitrogens is 1. The van der Waals surface area contributed by atoms with Crippen molar-refractivity contribution in [3.8, 4) is 0 Å². The third-order valence-electron chi connectivity index (χ3n) is 2.92. The van der Waals surface area contributed by atoms with E-state index < -0.39 is 23.2 Å². The van der Waals surface area contributed by atoms with Crippen molar-refractivity contribution < 1.29 is 17.6 Å². The van der Waals surface area contributed by atoms with Crippen LogP contribution in [0.15, 0.2) is 28.7 Å². The van der Waals surface area contributed by atoms with Gasteiger partial charge in [-0.05, 0) is 31.2 Å². The predicted molar refractivity (Wildman–Crippen MR) is 79.7 cm³/mol. The molecule has 1 aromatic carbocycles. The van der Waals surface area contributed by atoms with Crippen LogP contribution < -0.4 is 5.73 Å². The Morgan fingerprint density at radius 2 is 1.77 bits per heavy atom. The summed E-state index contributed by atoms with van der Waals surface area (Å²) in [6, 6.07) is 4.86. The quantitative estimate of drug-likeness (QED) is 0.748. The van der Waals surface area contributed by atoms with Gasteiger partial charge in [0.05, 0.1) is 11.2 Å². The first-order valence-electron chi connectivity index (χ1n) is 6.50. The molecule has 0 saturated carbocycles. The number of benzene rings is 1. The summed E-state index contributed by atoms with van der Waals surface area (Å²) < 4.78 is 52.0. The van der Waals surface area contributed by atoms with E-state index in [0.29, 0.717) is 4.47 Å². The number of hydrogen-bond donors (Lipinski definition) is 2. The Kier molecular flexibility index (Phi) is 5.75. The van der Waals surface area contributed by atoms with Crippen LogP contribution >= 0.6 is 15.9 Å². The van der Waals surface area contributed by atoms with Crippen molar-refractivity contribution in [2.75, 3.05) is 0 Å². The molecule has 0 fully saturated rings. The monoisotopic (exact) mass is 381 g/mol. The van der Waals surface area contributed by atoms with Gasteiger partial charge in [0, 0.05) is 10.0 Å². The number of hydrogen-bond acceptors (Lipinski definition) is 2. The summed E-state index contributed by atoms with van der Waals surface area (Å²) in [7, 11) is 0. The van der Waals surface area contributed by atoms with E-state index in [1.54, 1.807) is 0 Å². The van der Waals surface area contributed by atoms with Crippen LogP contribution in [0, 0.1) is 5.82 Å². The summed E-state index contributed by atoms with van der Waals surface area (Å²) in [6.45, 7) is 5.41. The molecule has 1 aromatic heterocycles. The van der Waals surface area contributed by atoms with Gasteiger partial charge in [0.1, 0.15) is 5.82 Å². The number of nitrogens with zero attached hydrogens (tertiary/aromatic N) is 1. The van der Waals surface area contributed by atoms with Gasteiger partial charge in [-0.25, -0.2) is 4.39 Å². The molecule has 0 spiro atoms. The van der Waals surface area contributed by atoms with E-state index in [2.05, 4.69) is 26.1 Å². The van der Waals surface area contributed by atoms with Crippen molar-refractivity contribution in [1.29, 1.82) is 0 Å². The van der Waals surface area contributed by atoms with Gasteiger partial charge >= 0.3 is 6.18 Å². The van der Waals surface area contributed by atoms with Gasteiger partial charge in [0.25, 0.3) is 0 Å². The van der Waals surface area contributed by atoms with Crippen LogP contribution in [-0.4, -0.2) is 10.2 Å². The summed E-state index contributed by atoms with van der Waals surface area (Å²) >= 11 is 3.17. The molecule has 122 valence electrons. The molecule has 0 radical (unpaired) electrons. The molecule has 0 aliphatic carbocycles. The van der Waals surface area contributed by atoms with Crippen molar-refractivity contribution in [3.63, 3.8) is 0 Å². The van der Waals surface area contributed by atoms with E-state index in [4.69, 9.17) is 5.73 Å². The van der Waals surface area contributed by atoms with Crippen molar-refractivity contribution in [2.24, 2.45) is 5.73 Å². The summed E-state index contributed by atoms with van der Waals surface area (Å²) in [5.41, 5.74) is 3.45. The summed E-state index contributed by atoms with van der Waals surface area (Å²) in [6.07, 6.45) is -4.58.